The number of rotatable bonds is 3. The van der Waals surface area contributed by atoms with Crippen LogP contribution >= 0.6 is 0 Å². The van der Waals surface area contributed by atoms with Crippen LogP contribution in [0.25, 0.3) is 0 Å². The molecule has 0 saturated heterocycles. The Kier molecular flexibility index (Phi) is 3.89. The summed E-state index contributed by atoms with van der Waals surface area (Å²) < 4.78 is 13.6. The summed E-state index contributed by atoms with van der Waals surface area (Å²) in [5.74, 6) is -1.54. The number of phenols is 2. The zero-order valence-electron chi connectivity index (χ0n) is 10.8. The lowest BCUT2D eigenvalue weighted by Crippen LogP contribution is -2.27. The van der Waals surface area contributed by atoms with Gasteiger partial charge in [-0.2, -0.15) is 0 Å². The molecule has 1 unspecified atom stereocenters. The predicted molar refractivity (Wildman–Crippen MR) is 72.1 cm³/mol. The number of benzene rings is 2. The van der Waals surface area contributed by atoms with E-state index in [0.717, 1.165) is 6.07 Å². The summed E-state index contributed by atoms with van der Waals surface area (Å²) in [6, 6.07) is 9.41. The molecule has 20 heavy (non-hydrogen) atoms. The minimum absolute atomic E-state index is 0.184. The molecule has 2 aromatic carbocycles. The molecule has 104 valence electrons. The number of phenolic OH excluding ortho intramolecular Hbond substituents is 2. The summed E-state index contributed by atoms with van der Waals surface area (Å²) in [4.78, 5) is 12.0. The first-order valence-corrected chi connectivity index (χ1v) is 6.06. The van der Waals surface area contributed by atoms with Gasteiger partial charge >= 0.3 is 0 Å². The van der Waals surface area contributed by atoms with Crippen molar-refractivity contribution >= 4 is 5.91 Å². The molecule has 0 bridgehead atoms. The second-order valence-corrected chi connectivity index (χ2v) is 4.42. The highest BCUT2D eigenvalue weighted by Crippen LogP contribution is 2.25. The molecule has 0 aliphatic carbocycles. The van der Waals surface area contributed by atoms with Crippen molar-refractivity contribution in [1.82, 2.24) is 5.32 Å². The maximum absolute atomic E-state index is 13.6. The van der Waals surface area contributed by atoms with Crippen LogP contribution < -0.4 is 5.32 Å². The normalized spacial score (nSPS) is 11.9. The third-order valence-corrected chi connectivity index (χ3v) is 2.96. The van der Waals surface area contributed by atoms with Crippen molar-refractivity contribution in [2.24, 2.45) is 0 Å². The van der Waals surface area contributed by atoms with Crippen molar-refractivity contribution in [3.05, 3.63) is 59.4 Å². The first kappa shape index (κ1) is 13.9. The van der Waals surface area contributed by atoms with Crippen LogP contribution in [0.2, 0.25) is 0 Å². The molecule has 3 N–H and O–H groups in total. The van der Waals surface area contributed by atoms with E-state index in [2.05, 4.69) is 5.32 Å². The van der Waals surface area contributed by atoms with Gasteiger partial charge in [-0.25, -0.2) is 4.39 Å². The van der Waals surface area contributed by atoms with Crippen LogP contribution in [0.1, 0.15) is 28.9 Å². The Morgan fingerprint density at radius 2 is 1.85 bits per heavy atom. The number of aromatic hydroxyl groups is 2. The molecule has 0 radical (unpaired) electrons. The highest BCUT2D eigenvalue weighted by molar-refractivity contribution is 5.95. The summed E-state index contributed by atoms with van der Waals surface area (Å²) in [5.41, 5.74) is 0.562. The Morgan fingerprint density at radius 3 is 2.50 bits per heavy atom. The van der Waals surface area contributed by atoms with E-state index in [-0.39, 0.29) is 17.1 Å². The van der Waals surface area contributed by atoms with Gasteiger partial charge in [0.25, 0.3) is 5.91 Å². The molecule has 0 spiro atoms. The van der Waals surface area contributed by atoms with E-state index in [0.29, 0.717) is 5.56 Å². The van der Waals surface area contributed by atoms with Crippen molar-refractivity contribution in [1.29, 1.82) is 0 Å². The fraction of sp³-hybridized carbons (Fsp3) is 0.133. The van der Waals surface area contributed by atoms with Gasteiger partial charge in [-0.3, -0.25) is 4.79 Å². The number of hydrogen-bond acceptors (Lipinski definition) is 3. The minimum atomic E-state index is -0.514. The Balaban J connectivity index is 2.15. The fourth-order valence-electron chi connectivity index (χ4n) is 1.85. The second-order valence-electron chi connectivity index (χ2n) is 4.42. The molecule has 0 aliphatic rings. The molecule has 1 amide bonds. The van der Waals surface area contributed by atoms with E-state index >= 15 is 0 Å². The summed E-state index contributed by atoms with van der Waals surface area (Å²) in [7, 11) is 0. The lowest BCUT2D eigenvalue weighted by molar-refractivity contribution is 0.0939. The number of halogens is 1. The van der Waals surface area contributed by atoms with Gasteiger partial charge in [0.2, 0.25) is 0 Å². The molecule has 0 aliphatic heterocycles. The lowest BCUT2D eigenvalue weighted by atomic mass is 10.1. The topological polar surface area (TPSA) is 69.6 Å². The number of carbonyl (C=O) groups excluding carboxylic acids is 1. The van der Waals surface area contributed by atoms with Gasteiger partial charge in [0.05, 0.1) is 6.04 Å². The van der Waals surface area contributed by atoms with E-state index in [1.54, 1.807) is 25.1 Å². The van der Waals surface area contributed by atoms with E-state index < -0.39 is 17.8 Å². The molecule has 2 rings (SSSR count). The van der Waals surface area contributed by atoms with E-state index in [9.17, 15) is 19.4 Å². The van der Waals surface area contributed by atoms with Gasteiger partial charge in [0, 0.05) is 11.1 Å². The van der Waals surface area contributed by atoms with Crippen LogP contribution in [0.5, 0.6) is 11.5 Å². The first-order chi connectivity index (χ1) is 9.49. The number of hydrogen-bond donors (Lipinski definition) is 3. The van der Waals surface area contributed by atoms with Crippen molar-refractivity contribution in [3.8, 4) is 11.5 Å². The Hall–Kier alpha value is -2.56. The summed E-state index contributed by atoms with van der Waals surface area (Å²) in [5, 5.41) is 21.2. The van der Waals surface area contributed by atoms with Crippen LogP contribution in [-0.2, 0) is 0 Å². The second kappa shape index (κ2) is 5.61. The number of nitrogens with one attached hydrogen (secondary N) is 1. The maximum Gasteiger partial charge on any atom is 0.251 e. The number of carbonyl (C=O) groups is 1. The van der Waals surface area contributed by atoms with Crippen LogP contribution in [0, 0.1) is 5.82 Å². The van der Waals surface area contributed by atoms with Crippen molar-refractivity contribution in [3.63, 3.8) is 0 Å². The standard InChI is InChI=1S/C15H14FNO3/c1-9(11-4-2-3-5-12(11)16)17-15(20)10-6-7-13(18)14(19)8-10/h2-9,18-19H,1H3,(H,17,20). The smallest absolute Gasteiger partial charge is 0.251 e. The van der Waals surface area contributed by atoms with Gasteiger partial charge in [-0.15, -0.1) is 0 Å². The quantitative estimate of drug-likeness (QED) is 0.754. The summed E-state index contributed by atoms with van der Waals surface area (Å²) in [6.45, 7) is 1.66. The molecule has 0 heterocycles. The lowest BCUT2D eigenvalue weighted by Gasteiger charge is -2.15. The number of amides is 1. The Morgan fingerprint density at radius 1 is 1.15 bits per heavy atom. The SMILES string of the molecule is CC(NC(=O)c1ccc(O)c(O)c1)c1ccccc1F. The Bertz CT molecular complexity index is 643. The molecule has 2 aromatic rings. The van der Waals surface area contributed by atoms with E-state index in [1.165, 1.54) is 18.2 Å². The Labute approximate surface area is 115 Å². The predicted octanol–water partition coefficient (Wildman–Crippen LogP) is 2.73. The zero-order chi connectivity index (χ0) is 14.7. The van der Waals surface area contributed by atoms with E-state index in [1.807, 2.05) is 0 Å². The zero-order valence-corrected chi connectivity index (χ0v) is 10.8. The minimum Gasteiger partial charge on any atom is -0.504 e. The van der Waals surface area contributed by atoms with Crippen LogP contribution in [0.3, 0.4) is 0 Å². The molecule has 5 heteroatoms. The molecule has 1 atom stereocenters. The van der Waals surface area contributed by atoms with Crippen LogP contribution in [0.4, 0.5) is 4.39 Å². The largest absolute Gasteiger partial charge is 0.504 e. The summed E-state index contributed by atoms with van der Waals surface area (Å²) >= 11 is 0. The maximum atomic E-state index is 13.6. The van der Waals surface area contributed by atoms with Gasteiger partial charge in [-0.1, -0.05) is 18.2 Å². The average Bonchev–Trinajstić information content (AvgIpc) is 2.42. The van der Waals surface area contributed by atoms with Crippen molar-refractivity contribution < 1.29 is 19.4 Å². The molecule has 4 nitrogen and oxygen atoms in total. The third-order valence-electron chi connectivity index (χ3n) is 2.96. The highest BCUT2D eigenvalue weighted by Gasteiger charge is 2.15. The van der Waals surface area contributed by atoms with Gasteiger partial charge in [-0.05, 0) is 31.2 Å². The van der Waals surface area contributed by atoms with Gasteiger partial charge in [0.1, 0.15) is 5.82 Å². The van der Waals surface area contributed by atoms with Gasteiger partial charge < -0.3 is 15.5 Å². The van der Waals surface area contributed by atoms with Crippen molar-refractivity contribution in [2.75, 3.05) is 0 Å². The molecule has 0 aromatic heterocycles. The molecular formula is C15H14FNO3. The molecule has 0 fully saturated rings. The fourth-order valence-corrected chi connectivity index (χ4v) is 1.85. The molecular weight excluding hydrogens is 261 g/mol. The first-order valence-electron chi connectivity index (χ1n) is 6.06. The van der Waals surface area contributed by atoms with Crippen LogP contribution in [0.15, 0.2) is 42.5 Å². The third kappa shape index (κ3) is 2.88. The highest BCUT2D eigenvalue weighted by atomic mass is 19.1. The van der Waals surface area contributed by atoms with E-state index in [4.69, 9.17) is 0 Å². The van der Waals surface area contributed by atoms with Gasteiger partial charge in [0.15, 0.2) is 11.5 Å². The van der Waals surface area contributed by atoms with Crippen LogP contribution in [-0.4, -0.2) is 16.1 Å². The monoisotopic (exact) mass is 275 g/mol. The van der Waals surface area contributed by atoms with Crippen molar-refractivity contribution in [2.45, 2.75) is 13.0 Å². The molecule has 0 saturated carbocycles. The average molecular weight is 275 g/mol. The summed E-state index contributed by atoms with van der Waals surface area (Å²) in [6.07, 6.45) is 0.